The minimum absolute atomic E-state index is 0.268. The fourth-order valence-electron chi connectivity index (χ4n) is 4.51. The Balaban J connectivity index is 1.62. The summed E-state index contributed by atoms with van der Waals surface area (Å²) in [6, 6.07) is 24.3. The molecule has 0 radical (unpaired) electrons. The molecule has 4 aromatic rings. The first-order chi connectivity index (χ1) is 16.4. The molecule has 0 saturated carbocycles. The van der Waals surface area contributed by atoms with Crippen LogP contribution in [0.15, 0.2) is 78.9 Å². The molecule has 3 aromatic carbocycles. The van der Waals surface area contributed by atoms with Crippen molar-refractivity contribution in [1.82, 2.24) is 15.1 Å². The summed E-state index contributed by atoms with van der Waals surface area (Å²) in [6.07, 6.45) is 0. The van der Waals surface area contributed by atoms with Gasteiger partial charge in [-0.1, -0.05) is 65.7 Å². The molecule has 0 aliphatic carbocycles. The van der Waals surface area contributed by atoms with Gasteiger partial charge in [-0.25, -0.2) is 4.68 Å². The van der Waals surface area contributed by atoms with E-state index in [2.05, 4.69) is 10.6 Å². The van der Waals surface area contributed by atoms with Gasteiger partial charge in [-0.15, -0.1) is 0 Å². The fraction of sp³-hybridized carbons (Fsp3) is 0.179. The highest BCUT2D eigenvalue weighted by atomic mass is 16.2. The lowest BCUT2D eigenvalue weighted by molar-refractivity contribution is -0.118. The molecule has 1 aliphatic heterocycles. The number of hydrogen-bond donors (Lipinski definition) is 2. The topological polar surface area (TPSA) is 76.0 Å². The Morgan fingerprint density at radius 1 is 0.882 bits per heavy atom. The zero-order valence-electron chi connectivity index (χ0n) is 19.4. The second-order valence-corrected chi connectivity index (χ2v) is 8.79. The molecular formula is C28H26N4O2. The van der Waals surface area contributed by atoms with Crippen molar-refractivity contribution < 1.29 is 9.59 Å². The van der Waals surface area contributed by atoms with Gasteiger partial charge in [0.05, 0.1) is 11.4 Å². The molecule has 5 rings (SSSR count). The Kier molecular flexibility index (Phi) is 5.49. The van der Waals surface area contributed by atoms with Crippen LogP contribution in [0.25, 0.3) is 5.69 Å². The standard InChI is InChI=1S/C28H26N4O2/c1-17-9-13-20(14-10-17)24-23-19(3)31-32(22-15-11-18(2)12-16-22)26(23)30-28(34)25(24)29-27(33)21-7-5-4-6-8-21/h4-16,24-25H,1-3H3,(H,29,33)(H,30,34)/t24-,25+/m1/s1. The van der Waals surface area contributed by atoms with Crippen molar-refractivity contribution in [3.05, 3.63) is 112 Å². The van der Waals surface area contributed by atoms with Crippen molar-refractivity contribution >= 4 is 17.6 Å². The molecule has 0 unspecified atom stereocenters. The van der Waals surface area contributed by atoms with Crippen LogP contribution in [0.1, 0.15) is 44.2 Å². The molecule has 1 aromatic heterocycles. The third kappa shape index (κ3) is 3.88. The first-order valence-corrected chi connectivity index (χ1v) is 11.3. The summed E-state index contributed by atoms with van der Waals surface area (Å²) in [7, 11) is 0. The Labute approximate surface area is 198 Å². The summed E-state index contributed by atoms with van der Waals surface area (Å²) in [5.41, 5.74) is 6.31. The number of rotatable bonds is 4. The molecule has 1 aliphatic rings. The lowest BCUT2D eigenvalue weighted by atomic mass is 9.81. The van der Waals surface area contributed by atoms with Gasteiger partial charge < -0.3 is 10.6 Å². The van der Waals surface area contributed by atoms with Crippen molar-refractivity contribution in [3.63, 3.8) is 0 Å². The zero-order chi connectivity index (χ0) is 23.8. The number of aromatic nitrogens is 2. The molecule has 0 spiro atoms. The summed E-state index contributed by atoms with van der Waals surface area (Å²) in [4.78, 5) is 26.5. The van der Waals surface area contributed by atoms with Crippen LogP contribution in [0.4, 0.5) is 5.82 Å². The SMILES string of the molecule is Cc1ccc([C@@H]2c3c(C)nn(-c4ccc(C)cc4)c3NC(=O)[C@H]2NC(=O)c2ccccc2)cc1. The minimum Gasteiger partial charge on any atom is -0.339 e. The molecule has 170 valence electrons. The number of aryl methyl sites for hydroxylation is 3. The number of nitrogens with one attached hydrogen (secondary N) is 2. The highest BCUT2D eigenvalue weighted by molar-refractivity contribution is 6.04. The van der Waals surface area contributed by atoms with Crippen LogP contribution in [0.3, 0.4) is 0 Å². The van der Waals surface area contributed by atoms with Gasteiger partial charge in [0.2, 0.25) is 5.91 Å². The van der Waals surface area contributed by atoms with E-state index in [0.29, 0.717) is 11.4 Å². The van der Waals surface area contributed by atoms with Gasteiger partial charge in [-0.05, 0) is 50.6 Å². The van der Waals surface area contributed by atoms with Crippen molar-refractivity contribution in [1.29, 1.82) is 0 Å². The van der Waals surface area contributed by atoms with E-state index in [4.69, 9.17) is 5.10 Å². The van der Waals surface area contributed by atoms with Gasteiger partial charge in [0.25, 0.3) is 5.91 Å². The van der Waals surface area contributed by atoms with E-state index in [9.17, 15) is 9.59 Å². The third-order valence-corrected chi connectivity index (χ3v) is 6.31. The number of benzene rings is 3. The first kappa shape index (κ1) is 21.6. The number of fused-ring (bicyclic) bond motifs is 1. The molecule has 0 saturated heterocycles. The lowest BCUT2D eigenvalue weighted by Crippen LogP contribution is -2.50. The second-order valence-electron chi connectivity index (χ2n) is 8.79. The van der Waals surface area contributed by atoms with E-state index in [-0.39, 0.29) is 17.7 Å². The summed E-state index contributed by atoms with van der Waals surface area (Å²) >= 11 is 0. The van der Waals surface area contributed by atoms with Crippen LogP contribution >= 0.6 is 0 Å². The average molecular weight is 451 g/mol. The monoisotopic (exact) mass is 450 g/mol. The van der Waals surface area contributed by atoms with Crippen LogP contribution < -0.4 is 10.6 Å². The minimum atomic E-state index is -0.780. The van der Waals surface area contributed by atoms with E-state index in [1.165, 1.54) is 0 Å². The number of carbonyl (C=O) groups excluding carboxylic acids is 2. The quantitative estimate of drug-likeness (QED) is 0.474. The van der Waals surface area contributed by atoms with Gasteiger partial charge in [-0.3, -0.25) is 9.59 Å². The maximum atomic E-state index is 13.5. The molecule has 6 heteroatoms. The van der Waals surface area contributed by atoms with Crippen LogP contribution in [0.5, 0.6) is 0 Å². The van der Waals surface area contributed by atoms with Crippen LogP contribution in [0, 0.1) is 20.8 Å². The van der Waals surface area contributed by atoms with Gasteiger partial charge in [0.1, 0.15) is 11.9 Å². The zero-order valence-corrected chi connectivity index (χ0v) is 19.4. The predicted octanol–water partition coefficient (Wildman–Crippen LogP) is 4.68. The Morgan fingerprint density at radius 3 is 2.15 bits per heavy atom. The lowest BCUT2D eigenvalue weighted by Gasteiger charge is -2.33. The Bertz CT molecular complexity index is 1360. The van der Waals surface area contributed by atoms with E-state index in [1.54, 1.807) is 28.9 Å². The van der Waals surface area contributed by atoms with Crippen molar-refractivity contribution in [3.8, 4) is 5.69 Å². The molecule has 2 amide bonds. The van der Waals surface area contributed by atoms with E-state index in [1.807, 2.05) is 75.4 Å². The van der Waals surface area contributed by atoms with E-state index < -0.39 is 6.04 Å². The smallest absolute Gasteiger partial charge is 0.251 e. The molecule has 0 fully saturated rings. The van der Waals surface area contributed by atoms with Crippen LogP contribution in [-0.4, -0.2) is 27.6 Å². The fourth-order valence-corrected chi connectivity index (χ4v) is 4.51. The number of nitrogens with zero attached hydrogens (tertiary/aromatic N) is 2. The van der Waals surface area contributed by atoms with E-state index in [0.717, 1.165) is 33.6 Å². The normalized spacial score (nSPS) is 17.1. The largest absolute Gasteiger partial charge is 0.339 e. The summed E-state index contributed by atoms with van der Waals surface area (Å²) < 4.78 is 1.78. The Morgan fingerprint density at radius 2 is 1.50 bits per heavy atom. The molecular weight excluding hydrogens is 424 g/mol. The van der Waals surface area contributed by atoms with Crippen LogP contribution in [0.2, 0.25) is 0 Å². The average Bonchev–Trinajstić information content (AvgIpc) is 3.17. The molecule has 6 nitrogen and oxygen atoms in total. The van der Waals surface area contributed by atoms with Crippen LogP contribution in [-0.2, 0) is 4.79 Å². The van der Waals surface area contributed by atoms with Crippen molar-refractivity contribution in [2.45, 2.75) is 32.7 Å². The van der Waals surface area contributed by atoms with Crippen molar-refractivity contribution in [2.75, 3.05) is 5.32 Å². The Hall–Kier alpha value is -4.19. The predicted molar refractivity (Wildman–Crippen MR) is 132 cm³/mol. The van der Waals surface area contributed by atoms with Crippen molar-refractivity contribution in [2.24, 2.45) is 0 Å². The molecule has 2 N–H and O–H groups in total. The van der Waals surface area contributed by atoms with Gasteiger partial charge in [0, 0.05) is 17.0 Å². The molecule has 0 bridgehead atoms. The first-order valence-electron chi connectivity index (χ1n) is 11.3. The third-order valence-electron chi connectivity index (χ3n) is 6.31. The van der Waals surface area contributed by atoms with Gasteiger partial charge in [0.15, 0.2) is 0 Å². The summed E-state index contributed by atoms with van der Waals surface area (Å²) in [5.74, 6) is -0.293. The maximum Gasteiger partial charge on any atom is 0.251 e. The number of anilines is 1. The summed E-state index contributed by atoms with van der Waals surface area (Å²) in [6.45, 7) is 6.00. The van der Waals surface area contributed by atoms with Gasteiger partial charge in [-0.2, -0.15) is 5.10 Å². The number of carbonyl (C=O) groups is 2. The number of amides is 2. The summed E-state index contributed by atoms with van der Waals surface area (Å²) in [5, 5.41) is 10.8. The number of hydrogen-bond acceptors (Lipinski definition) is 3. The molecule has 34 heavy (non-hydrogen) atoms. The molecule has 2 heterocycles. The highest BCUT2D eigenvalue weighted by Crippen LogP contribution is 2.40. The maximum absolute atomic E-state index is 13.5. The van der Waals surface area contributed by atoms with E-state index >= 15 is 0 Å². The highest BCUT2D eigenvalue weighted by Gasteiger charge is 2.41. The van der Waals surface area contributed by atoms with Gasteiger partial charge >= 0.3 is 0 Å². The second kappa shape index (κ2) is 8.63. The molecule has 2 atom stereocenters.